The summed E-state index contributed by atoms with van der Waals surface area (Å²) in [5.41, 5.74) is 1.62. The number of hydrogen-bond donors (Lipinski definition) is 1. The number of methoxy groups -OCH3 is 1. The van der Waals surface area contributed by atoms with Crippen molar-refractivity contribution in [1.29, 1.82) is 0 Å². The second kappa shape index (κ2) is 7.31. The number of fused-ring (bicyclic) bond motifs is 1. The molecule has 1 aromatic rings. The average molecular weight is 340 g/mol. The van der Waals surface area contributed by atoms with Gasteiger partial charge in [-0.15, -0.1) is 0 Å². The number of para-hydroxylation sites is 1. The van der Waals surface area contributed by atoms with Crippen LogP contribution in [0.5, 0.6) is 0 Å². The highest BCUT2D eigenvalue weighted by Crippen LogP contribution is 2.22. The molecule has 7 heteroatoms. The molecule has 130 valence electrons. The van der Waals surface area contributed by atoms with Gasteiger partial charge in [0.1, 0.15) is 5.69 Å². The number of amides is 1. The van der Waals surface area contributed by atoms with Crippen LogP contribution in [0.25, 0.3) is 16.9 Å². The Balaban J connectivity index is 2.11. The molecule has 2 heterocycles. The first kappa shape index (κ1) is 16.9. The molecular weight excluding hydrogens is 320 g/mol. The minimum absolute atomic E-state index is 0.241. The summed E-state index contributed by atoms with van der Waals surface area (Å²) in [7, 11) is 1.57. The molecule has 0 unspecified atom stereocenters. The zero-order valence-corrected chi connectivity index (χ0v) is 14.2. The molecule has 3 rings (SSSR count). The molecule has 7 nitrogen and oxygen atoms in total. The summed E-state index contributed by atoms with van der Waals surface area (Å²) in [6.45, 7) is 3.40. The summed E-state index contributed by atoms with van der Waals surface area (Å²) in [4.78, 5) is 25.3. The molecule has 0 spiro atoms. The standard InChI is InChI=1S/C18H20N4O3/c1-3-21-11-14(17(23)19-9-10-25-2)16-15(12-21)18(24)22(20-16)13-7-5-4-6-8-13/h4-8,11-12H,3,9-10H2,1-2H3,(H,19,23). The fourth-order valence-corrected chi connectivity index (χ4v) is 2.61. The van der Waals surface area contributed by atoms with Gasteiger partial charge in [-0.3, -0.25) is 9.59 Å². The molecule has 0 aromatic heterocycles. The minimum Gasteiger partial charge on any atom is -0.383 e. The number of nitrogens with one attached hydrogen (secondary N) is 1. The zero-order valence-electron chi connectivity index (χ0n) is 14.2. The Kier molecular flexibility index (Phi) is 4.95. The fourth-order valence-electron chi connectivity index (χ4n) is 2.61. The zero-order chi connectivity index (χ0) is 17.8. The second-order valence-corrected chi connectivity index (χ2v) is 5.57. The van der Waals surface area contributed by atoms with Crippen LogP contribution in [0, 0.1) is 0 Å². The second-order valence-electron chi connectivity index (χ2n) is 5.57. The Labute approximate surface area is 145 Å². The van der Waals surface area contributed by atoms with Gasteiger partial charge in [-0.05, 0) is 19.1 Å². The van der Waals surface area contributed by atoms with Crippen LogP contribution in [0.2, 0.25) is 0 Å². The molecule has 0 saturated heterocycles. The summed E-state index contributed by atoms with van der Waals surface area (Å²) in [6.07, 6.45) is 3.45. The smallest absolute Gasteiger partial charge is 0.282 e. The van der Waals surface area contributed by atoms with Crippen LogP contribution >= 0.6 is 0 Å². The number of ether oxygens (including phenoxy) is 1. The summed E-state index contributed by atoms with van der Waals surface area (Å²) >= 11 is 0. The van der Waals surface area contributed by atoms with Gasteiger partial charge in [0.05, 0.1) is 23.4 Å². The molecule has 1 amide bonds. The number of hydrogen-bond acceptors (Lipinski definition) is 4. The van der Waals surface area contributed by atoms with Gasteiger partial charge in [0, 0.05) is 32.6 Å². The van der Waals surface area contributed by atoms with E-state index in [9.17, 15) is 9.59 Å². The van der Waals surface area contributed by atoms with Gasteiger partial charge in [0.25, 0.3) is 11.5 Å². The van der Waals surface area contributed by atoms with Gasteiger partial charge in [-0.1, -0.05) is 18.2 Å². The van der Waals surface area contributed by atoms with E-state index in [1.165, 1.54) is 4.68 Å². The summed E-state index contributed by atoms with van der Waals surface area (Å²) < 4.78 is 8.09. The topological polar surface area (TPSA) is 78.2 Å². The first-order valence-electron chi connectivity index (χ1n) is 8.11. The van der Waals surface area contributed by atoms with Crippen molar-refractivity contribution < 1.29 is 9.53 Å². The molecule has 0 saturated carbocycles. The minimum atomic E-state index is -0.275. The molecule has 2 aliphatic rings. The highest BCUT2D eigenvalue weighted by Gasteiger charge is 2.24. The van der Waals surface area contributed by atoms with Crippen molar-refractivity contribution in [3.8, 4) is 16.9 Å². The molecular formula is C18H20N4O3. The molecule has 0 atom stereocenters. The number of carbonyl (C=O) groups excluding carboxylic acids is 1. The maximum absolute atomic E-state index is 12.8. The Morgan fingerprint density at radius 3 is 2.68 bits per heavy atom. The normalized spacial score (nSPS) is 11.0. The van der Waals surface area contributed by atoms with Crippen molar-refractivity contribution in [3.05, 3.63) is 58.6 Å². The van der Waals surface area contributed by atoms with Crippen molar-refractivity contribution in [2.75, 3.05) is 20.3 Å². The first-order valence-corrected chi connectivity index (χ1v) is 8.11. The highest BCUT2D eigenvalue weighted by atomic mass is 16.5. The van der Waals surface area contributed by atoms with Crippen LogP contribution in [0.3, 0.4) is 0 Å². The number of aryl methyl sites for hydroxylation is 1. The van der Waals surface area contributed by atoms with Gasteiger partial charge >= 0.3 is 0 Å². The Hall–Kier alpha value is -2.93. The maximum atomic E-state index is 12.8. The lowest BCUT2D eigenvalue weighted by atomic mass is 10.1. The largest absolute Gasteiger partial charge is 0.383 e. The third kappa shape index (κ3) is 3.32. The van der Waals surface area contributed by atoms with E-state index in [-0.39, 0.29) is 11.5 Å². The van der Waals surface area contributed by atoms with Crippen LogP contribution in [0.15, 0.2) is 47.5 Å². The summed E-state index contributed by atoms with van der Waals surface area (Å²) in [5.74, 6) is -0.275. The molecule has 1 N–H and O–H groups in total. The van der Waals surface area contributed by atoms with Gasteiger partial charge < -0.3 is 14.6 Å². The number of aromatic nitrogens is 3. The van der Waals surface area contributed by atoms with Crippen molar-refractivity contribution in [2.24, 2.45) is 0 Å². The Morgan fingerprint density at radius 2 is 2.00 bits per heavy atom. The van der Waals surface area contributed by atoms with Crippen LogP contribution < -0.4 is 10.9 Å². The number of carbonyl (C=O) groups is 1. The molecule has 1 aromatic carbocycles. The van der Waals surface area contributed by atoms with E-state index in [1.54, 1.807) is 31.6 Å². The van der Waals surface area contributed by atoms with Gasteiger partial charge in [-0.2, -0.15) is 9.78 Å². The van der Waals surface area contributed by atoms with E-state index in [0.29, 0.717) is 42.2 Å². The lowest BCUT2D eigenvalue weighted by Gasteiger charge is -2.11. The molecule has 2 aliphatic heterocycles. The summed E-state index contributed by atoms with van der Waals surface area (Å²) in [5, 5.41) is 7.19. The molecule has 0 aliphatic carbocycles. The van der Waals surface area contributed by atoms with E-state index >= 15 is 0 Å². The van der Waals surface area contributed by atoms with Gasteiger partial charge in [0.15, 0.2) is 0 Å². The lowest BCUT2D eigenvalue weighted by molar-refractivity contribution is 0.0936. The first-order chi connectivity index (χ1) is 12.2. The van der Waals surface area contributed by atoms with Crippen molar-refractivity contribution in [1.82, 2.24) is 19.7 Å². The number of nitrogens with zero attached hydrogens (tertiary/aromatic N) is 3. The highest BCUT2D eigenvalue weighted by molar-refractivity contribution is 5.99. The van der Waals surface area contributed by atoms with E-state index in [4.69, 9.17) is 4.74 Å². The molecule has 25 heavy (non-hydrogen) atoms. The predicted molar refractivity (Wildman–Crippen MR) is 94.3 cm³/mol. The Bertz CT molecular complexity index is 899. The van der Waals surface area contributed by atoms with E-state index in [0.717, 1.165) is 0 Å². The number of pyridine rings is 1. The quantitative estimate of drug-likeness (QED) is 0.691. The van der Waals surface area contributed by atoms with Crippen LogP contribution in [-0.2, 0) is 11.3 Å². The van der Waals surface area contributed by atoms with Gasteiger partial charge in [0.2, 0.25) is 0 Å². The van der Waals surface area contributed by atoms with Crippen LogP contribution in [0.4, 0.5) is 0 Å². The average Bonchev–Trinajstić information content (AvgIpc) is 2.98. The van der Waals surface area contributed by atoms with Crippen molar-refractivity contribution in [3.63, 3.8) is 0 Å². The third-order valence-electron chi connectivity index (χ3n) is 3.93. The molecule has 0 bridgehead atoms. The van der Waals surface area contributed by atoms with E-state index in [2.05, 4.69) is 10.4 Å². The Morgan fingerprint density at radius 1 is 1.24 bits per heavy atom. The van der Waals surface area contributed by atoms with Crippen molar-refractivity contribution >= 4 is 5.91 Å². The van der Waals surface area contributed by atoms with E-state index in [1.807, 2.05) is 29.7 Å². The monoisotopic (exact) mass is 340 g/mol. The third-order valence-corrected chi connectivity index (χ3v) is 3.93. The van der Waals surface area contributed by atoms with E-state index < -0.39 is 0 Å². The van der Waals surface area contributed by atoms with Crippen LogP contribution in [0.1, 0.15) is 17.3 Å². The van der Waals surface area contributed by atoms with Crippen LogP contribution in [-0.4, -0.2) is 40.5 Å². The molecule has 0 fully saturated rings. The fraction of sp³-hybridized carbons (Fsp3) is 0.278. The lowest BCUT2D eigenvalue weighted by Crippen LogP contribution is -2.28. The molecule has 0 radical (unpaired) electrons. The number of benzene rings is 1. The predicted octanol–water partition coefficient (Wildman–Crippen LogP) is 1.53. The van der Waals surface area contributed by atoms with Crippen molar-refractivity contribution in [2.45, 2.75) is 13.5 Å². The van der Waals surface area contributed by atoms with Gasteiger partial charge in [-0.25, -0.2) is 0 Å². The SMILES string of the molecule is CCn1cc(C(=O)NCCOC)c2nn(-c3ccccc3)c(=O)c-2c1. The number of rotatable bonds is 6. The summed E-state index contributed by atoms with van der Waals surface area (Å²) in [6, 6.07) is 9.16. The maximum Gasteiger partial charge on any atom is 0.282 e.